The van der Waals surface area contributed by atoms with E-state index in [0.29, 0.717) is 31.5 Å². The van der Waals surface area contributed by atoms with Crippen LogP contribution < -0.4 is 10.6 Å². The Morgan fingerprint density at radius 1 is 1.40 bits per heavy atom. The van der Waals surface area contributed by atoms with Crippen molar-refractivity contribution in [2.45, 2.75) is 44.7 Å². The second-order valence-corrected chi connectivity index (χ2v) is 8.83. The molecule has 0 bridgehead atoms. The molecule has 1 amide bonds. The van der Waals surface area contributed by atoms with Crippen molar-refractivity contribution in [3.63, 3.8) is 0 Å². The fourth-order valence-electron chi connectivity index (χ4n) is 5.48. The summed E-state index contributed by atoms with van der Waals surface area (Å²) < 4.78 is 12.7. The van der Waals surface area contributed by atoms with Gasteiger partial charge in [-0.3, -0.25) is 9.69 Å². The summed E-state index contributed by atoms with van der Waals surface area (Å²) in [6.45, 7) is 7.47. The Hall–Kier alpha value is -1.55. The summed E-state index contributed by atoms with van der Waals surface area (Å²) in [5.41, 5.74) is -0.273. The van der Waals surface area contributed by atoms with Crippen LogP contribution >= 0.6 is 0 Å². The Labute approximate surface area is 178 Å². The molecule has 1 aromatic rings. The number of nitrogens with zero attached hydrogens (tertiary/aromatic N) is 4. The van der Waals surface area contributed by atoms with Gasteiger partial charge in [0.25, 0.3) is 0 Å². The molecule has 2 saturated heterocycles. The summed E-state index contributed by atoms with van der Waals surface area (Å²) >= 11 is 0. The minimum Gasteiger partial charge on any atom is -0.383 e. The first kappa shape index (κ1) is 21.7. The number of rotatable bonds is 8. The number of morpholine rings is 1. The number of hydrogen-bond acceptors (Lipinski definition) is 7. The lowest BCUT2D eigenvalue weighted by Crippen LogP contribution is -2.60. The van der Waals surface area contributed by atoms with Gasteiger partial charge in [0.1, 0.15) is 12.2 Å². The molecule has 9 heteroatoms. The fraction of sp³-hybridized carbons (Fsp3) is 0.857. The van der Waals surface area contributed by atoms with Gasteiger partial charge >= 0.3 is 0 Å². The summed E-state index contributed by atoms with van der Waals surface area (Å²) in [4.78, 5) is 16.0. The molecule has 3 atom stereocenters. The van der Waals surface area contributed by atoms with Gasteiger partial charge in [-0.05, 0) is 38.1 Å². The predicted octanol–water partition coefficient (Wildman–Crippen LogP) is 0.0638. The van der Waals surface area contributed by atoms with Crippen molar-refractivity contribution in [1.82, 2.24) is 30.3 Å². The largest absolute Gasteiger partial charge is 0.383 e. The van der Waals surface area contributed by atoms with Crippen LogP contribution in [0.4, 0.5) is 0 Å². The van der Waals surface area contributed by atoms with Crippen molar-refractivity contribution in [3.05, 3.63) is 12.2 Å². The van der Waals surface area contributed by atoms with Crippen LogP contribution in [0.25, 0.3) is 0 Å². The van der Waals surface area contributed by atoms with Crippen molar-refractivity contribution in [2.75, 3.05) is 59.7 Å². The van der Waals surface area contributed by atoms with Gasteiger partial charge in [0.2, 0.25) is 5.91 Å². The number of ether oxygens (including phenoxy) is 2. The molecule has 9 nitrogen and oxygen atoms in total. The highest BCUT2D eigenvalue weighted by molar-refractivity contribution is 5.83. The minimum atomic E-state index is -0.273. The molecule has 2 aliphatic heterocycles. The number of carbonyl (C=O) groups is 1. The van der Waals surface area contributed by atoms with E-state index < -0.39 is 0 Å². The Morgan fingerprint density at radius 3 is 3.10 bits per heavy atom. The standard InChI is InChI=1S/C21H36N6O3/c1-29-11-8-27-16-24-25-19(27)4-7-23-20(28)21-5-2-18(26-9-12-30-13-10-26)14-17(21)3-6-22-15-21/h16-18,22H,2-15H2,1H3,(H,23,28)/t17-,18+,21-/m1/s1. The van der Waals surface area contributed by atoms with Crippen molar-refractivity contribution in [2.24, 2.45) is 11.3 Å². The average Bonchev–Trinajstić information content (AvgIpc) is 3.25. The van der Waals surface area contributed by atoms with Crippen LogP contribution in [0.15, 0.2) is 6.33 Å². The molecule has 1 aliphatic carbocycles. The number of nitrogens with one attached hydrogen (secondary N) is 2. The number of piperidine rings is 1. The third-order valence-electron chi connectivity index (χ3n) is 7.25. The zero-order chi connectivity index (χ0) is 20.8. The molecule has 0 radical (unpaired) electrons. The summed E-state index contributed by atoms with van der Waals surface area (Å²) in [6, 6.07) is 0.595. The molecule has 168 valence electrons. The van der Waals surface area contributed by atoms with Gasteiger partial charge < -0.3 is 24.7 Å². The zero-order valence-corrected chi connectivity index (χ0v) is 18.1. The van der Waals surface area contributed by atoms with Crippen LogP contribution in [0.5, 0.6) is 0 Å². The van der Waals surface area contributed by atoms with E-state index in [2.05, 4.69) is 25.7 Å². The fourth-order valence-corrected chi connectivity index (χ4v) is 5.48. The normalized spacial score (nSPS) is 30.0. The molecule has 1 saturated carbocycles. The van der Waals surface area contributed by atoms with Crippen LogP contribution in [0.1, 0.15) is 31.5 Å². The van der Waals surface area contributed by atoms with E-state index in [0.717, 1.165) is 77.4 Å². The first-order valence-electron chi connectivity index (χ1n) is 11.4. The maximum Gasteiger partial charge on any atom is 0.227 e. The monoisotopic (exact) mass is 420 g/mol. The maximum absolute atomic E-state index is 13.4. The van der Waals surface area contributed by atoms with Crippen LogP contribution in [0.2, 0.25) is 0 Å². The molecule has 0 aromatic carbocycles. The molecule has 3 fully saturated rings. The molecule has 4 rings (SSSR count). The number of hydrogen-bond donors (Lipinski definition) is 2. The molecule has 2 N–H and O–H groups in total. The number of amides is 1. The number of methoxy groups -OCH3 is 1. The summed E-state index contributed by atoms with van der Waals surface area (Å²) in [7, 11) is 1.69. The van der Waals surface area contributed by atoms with Gasteiger partial charge in [0.15, 0.2) is 0 Å². The molecule has 0 spiro atoms. The minimum absolute atomic E-state index is 0.211. The summed E-state index contributed by atoms with van der Waals surface area (Å²) in [5.74, 6) is 1.55. The van der Waals surface area contributed by atoms with Crippen LogP contribution in [-0.2, 0) is 27.2 Å². The highest BCUT2D eigenvalue weighted by Gasteiger charge is 2.50. The lowest BCUT2D eigenvalue weighted by atomic mass is 9.61. The number of aromatic nitrogens is 3. The Bertz CT molecular complexity index is 692. The topological polar surface area (TPSA) is 93.5 Å². The molecule has 3 heterocycles. The van der Waals surface area contributed by atoms with Gasteiger partial charge in [-0.15, -0.1) is 10.2 Å². The van der Waals surface area contributed by atoms with E-state index >= 15 is 0 Å². The molecule has 30 heavy (non-hydrogen) atoms. The van der Waals surface area contributed by atoms with E-state index in [1.807, 2.05) is 4.57 Å². The van der Waals surface area contributed by atoms with Crippen LogP contribution in [0.3, 0.4) is 0 Å². The van der Waals surface area contributed by atoms with Crippen molar-refractivity contribution in [1.29, 1.82) is 0 Å². The number of fused-ring (bicyclic) bond motifs is 1. The highest BCUT2D eigenvalue weighted by Crippen LogP contribution is 2.46. The Morgan fingerprint density at radius 2 is 2.27 bits per heavy atom. The van der Waals surface area contributed by atoms with E-state index in [1.54, 1.807) is 13.4 Å². The van der Waals surface area contributed by atoms with Gasteiger partial charge in [-0.2, -0.15) is 0 Å². The number of carbonyl (C=O) groups excluding carboxylic acids is 1. The van der Waals surface area contributed by atoms with Gasteiger partial charge in [0, 0.05) is 52.3 Å². The van der Waals surface area contributed by atoms with Crippen LogP contribution in [0, 0.1) is 11.3 Å². The average molecular weight is 421 g/mol. The zero-order valence-electron chi connectivity index (χ0n) is 18.1. The van der Waals surface area contributed by atoms with Crippen molar-refractivity contribution >= 4 is 5.91 Å². The lowest BCUT2D eigenvalue weighted by Gasteiger charge is -2.50. The molecule has 1 aromatic heterocycles. The van der Waals surface area contributed by atoms with E-state index in [4.69, 9.17) is 9.47 Å². The van der Waals surface area contributed by atoms with Gasteiger partial charge in [-0.1, -0.05) is 0 Å². The third-order valence-corrected chi connectivity index (χ3v) is 7.25. The van der Waals surface area contributed by atoms with Gasteiger partial charge in [-0.25, -0.2) is 0 Å². The molecular weight excluding hydrogens is 384 g/mol. The summed E-state index contributed by atoms with van der Waals surface area (Å²) in [5, 5.41) is 14.9. The van der Waals surface area contributed by atoms with E-state index in [1.165, 1.54) is 0 Å². The molecular formula is C21H36N6O3. The molecule has 0 unspecified atom stereocenters. The maximum atomic E-state index is 13.4. The Balaban J connectivity index is 1.33. The van der Waals surface area contributed by atoms with Gasteiger partial charge in [0.05, 0.1) is 25.2 Å². The lowest BCUT2D eigenvalue weighted by molar-refractivity contribution is -0.140. The third kappa shape index (κ3) is 4.69. The second kappa shape index (κ2) is 10.2. The van der Waals surface area contributed by atoms with E-state index in [9.17, 15) is 4.79 Å². The molecule has 3 aliphatic rings. The van der Waals surface area contributed by atoms with Crippen LogP contribution in [-0.4, -0.2) is 91.3 Å². The van der Waals surface area contributed by atoms with Crippen molar-refractivity contribution in [3.8, 4) is 0 Å². The van der Waals surface area contributed by atoms with Crippen molar-refractivity contribution < 1.29 is 14.3 Å². The highest BCUT2D eigenvalue weighted by atomic mass is 16.5. The smallest absolute Gasteiger partial charge is 0.227 e. The van der Waals surface area contributed by atoms with E-state index in [-0.39, 0.29) is 11.3 Å². The predicted molar refractivity (Wildman–Crippen MR) is 112 cm³/mol. The SMILES string of the molecule is COCCn1cnnc1CCNC(=O)[C@@]12CC[C@H](N3CCOCC3)C[C@H]1CCNC2. The first-order valence-corrected chi connectivity index (χ1v) is 11.4. The summed E-state index contributed by atoms with van der Waals surface area (Å²) in [6.07, 6.45) is 6.67. The quantitative estimate of drug-likeness (QED) is 0.614. The second-order valence-electron chi connectivity index (χ2n) is 8.83. The first-order chi connectivity index (χ1) is 14.7. The Kier molecular flexibility index (Phi) is 7.35.